The van der Waals surface area contributed by atoms with E-state index in [2.05, 4.69) is 51.4 Å². The van der Waals surface area contributed by atoms with Crippen molar-refractivity contribution >= 4 is 90.3 Å². The van der Waals surface area contributed by atoms with Crippen molar-refractivity contribution in [2.75, 3.05) is 42.7 Å². The zero-order valence-corrected chi connectivity index (χ0v) is 35.6. The number of aromatic nitrogens is 1. The van der Waals surface area contributed by atoms with E-state index in [0.717, 1.165) is 51.0 Å². The van der Waals surface area contributed by atoms with Crippen molar-refractivity contribution in [1.29, 1.82) is 0 Å². The lowest BCUT2D eigenvalue weighted by Crippen LogP contribution is -2.45. The van der Waals surface area contributed by atoms with Gasteiger partial charge in [-0.2, -0.15) is 4.31 Å². The Morgan fingerprint density at radius 3 is 2.39 bits per heavy atom. The summed E-state index contributed by atoms with van der Waals surface area (Å²) >= 11 is 20.3. The van der Waals surface area contributed by atoms with Gasteiger partial charge in [0.1, 0.15) is 5.69 Å². The van der Waals surface area contributed by atoms with Crippen LogP contribution in [0.2, 0.25) is 15.1 Å². The number of H-pyrrole nitrogens is 1. The fourth-order valence-electron chi connectivity index (χ4n) is 9.41. The highest BCUT2D eigenvalue weighted by Gasteiger charge is 2.41. The Labute approximate surface area is 358 Å². The number of sulfonamides is 1. The molecule has 4 aromatic carbocycles. The van der Waals surface area contributed by atoms with Crippen molar-refractivity contribution in [2.24, 2.45) is 5.92 Å². The molecule has 10 nitrogen and oxygen atoms in total. The Morgan fingerprint density at radius 2 is 1.68 bits per heavy atom. The Hall–Kier alpha value is -4.78. The molecule has 0 aliphatic carbocycles. The first kappa shape index (κ1) is 39.7. The minimum absolute atomic E-state index is 0.0616. The van der Waals surface area contributed by atoms with Gasteiger partial charge in [-0.1, -0.05) is 84.2 Å². The SMILES string of the molecule is COC(=O)c1ccc(N2CCC(N3CCCS3(=O)=O)CC2)c(NC(=O)c2[nH]c3cc(Cl)cc4c3c2C2=C(c3ccccc3)C(C)CC=CN2C4c2ccc(Cl)cc2Cl)c1. The average Bonchev–Trinajstić information content (AvgIpc) is 3.73. The smallest absolute Gasteiger partial charge is 0.337 e. The largest absolute Gasteiger partial charge is 0.465 e. The number of nitrogens with one attached hydrogen (secondary N) is 2. The Balaban J connectivity index is 1.20. The Kier molecular flexibility index (Phi) is 10.5. The lowest BCUT2D eigenvalue weighted by molar-refractivity contribution is 0.0600. The van der Waals surface area contributed by atoms with Crippen molar-refractivity contribution < 1.29 is 22.7 Å². The normalized spacial score (nSPS) is 20.5. The second kappa shape index (κ2) is 15.7. The highest BCUT2D eigenvalue weighted by Crippen LogP contribution is 2.54. The third-order valence-corrected chi connectivity index (χ3v) is 14.8. The number of piperidine rings is 1. The van der Waals surface area contributed by atoms with Gasteiger partial charge < -0.3 is 24.8 Å². The molecule has 0 radical (unpaired) electrons. The predicted octanol–water partition coefficient (Wildman–Crippen LogP) is 10.00. The van der Waals surface area contributed by atoms with Crippen molar-refractivity contribution in [3.05, 3.63) is 140 Å². The fraction of sp³-hybridized carbons (Fsp3) is 0.289. The maximum Gasteiger partial charge on any atom is 0.337 e. The van der Waals surface area contributed by atoms with E-state index in [9.17, 15) is 13.2 Å². The van der Waals surface area contributed by atoms with Gasteiger partial charge in [0.15, 0.2) is 0 Å². The molecule has 2 unspecified atom stereocenters. The summed E-state index contributed by atoms with van der Waals surface area (Å²) in [4.78, 5) is 35.8. The van der Waals surface area contributed by atoms with Crippen LogP contribution in [0.25, 0.3) is 22.2 Å². The average molecular weight is 871 g/mol. The lowest BCUT2D eigenvalue weighted by atomic mass is 9.82. The molecule has 5 heterocycles. The molecule has 0 bridgehead atoms. The molecule has 2 saturated heterocycles. The number of ether oxygens (including phenoxy) is 1. The third-order valence-electron chi connectivity index (χ3n) is 12.0. The van der Waals surface area contributed by atoms with Gasteiger partial charge in [-0.25, -0.2) is 13.2 Å². The second-order valence-electron chi connectivity index (χ2n) is 15.6. The Morgan fingerprint density at radius 1 is 0.898 bits per heavy atom. The molecule has 1 amide bonds. The molecule has 5 aromatic rings. The molecule has 9 rings (SSSR count). The number of esters is 1. The van der Waals surface area contributed by atoms with Gasteiger partial charge in [0, 0.05) is 63.4 Å². The van der Waals surface area contributed by atoms with Crippen LogP contribution >= 0.6 is 34.8 Å². The van der Waals surface area contributed by atoms with Crippen molar-refractivity contribution in [3.63, 3.8) is 0 Å². The zero-order valence-electron chi connectivity index (χ0n) is 32.5. The van der Waals surface area contributed by atoms with Crippen LogP contribution in [0.3, 0.4) is 0 Å². The number of benzene rings is 4. The number of fused-ring (bicyclic) bond motifs is 2. The summed E-state index contributed by atoms with van der Waals surface area (Å²) < 4.78 is 32.2. The standard InChI is InChI=1S/C45H42Cl3N5O5S/c1-26-8-6-17-52-42(32-13-12-29(46)24-34(32)48)33-23-30(47)25-36-39(33)40(43(52)38(26)27-9-4-3-5-10-27)41(49-36)44(54)50-35-22-28(45(55)58-2)11-14-37(35)51-19-15-31(16-20-51)53-18-7-21-59(53,56)57/h3-6,9-14,17,22-26,31,42,49H,7-8,15-16,18-21H2,1-2H3,(H,50,54). The number of nitrogens with zero attached hydrogens (tertiary/aromatic N) is 3. The summed E-state index contributed by atoms with van der Waals surface area (Å²) in [5.74, 6) is -0.701. The van der Waals surface area contributed by atoms with Crippen LogP contribution in [0.1, 0.15) is 81.7 Å². The summed E-state index contributed by atoms with van der Waals surface area (Å²) in [6, 6.07) is 24.2. The first-order chi connectivity index (χ1) is 28.4. The van der Waals surface area contributed by atoms with Gasteiger partial charge in [0.05, 0.1) is 41.5 Å². The number of halogens is 3. The number of rotatable bonds is 7. The molecule has 59 heavy (non-hydrogen) atoms. The van der Waals surface area contributed by atoms with E-state index in [-0.39, 0.29) is 23.3 Å². The maximum atomic E-state index is 15.1. The highest BCUT2D eigenvalue weighted by atomic mass is 35.5. The third kappa shape index (κ3) is 7.10. The van der Waals surface area contributed by atoms with E-state index >= 15 is 4.79 Å². The number of carbonyl (C=O) groups excluding carboxylic acids is 2. The van der Waals surface area contributed by atoms with Crippen LogP contribution in [0.5, 0.6) is 0 Å². The van der Waals surface area contributed by atoms with E-state index in [0.29, 0.717) is 70.9 Å². The topological polar surface area (TPSA) is 115 Å². The van der Waals surface area contributed by atoms with Crippen molar-refractivity contribution in [1.82, 2.24) is 14.2 Å². The lowest BCUT2D eigenvalue weighted by Gasteiger charge is -2.39. The molecule has 2 fully saturated rings. The number of amides is 1. The van der Waals surface area contributed by atoms with E-state index < -0.39 is 27.9 Å². The zero-order chi connectivity index (χ0) is 41.2. The fourth-order valence-corrected chi connectivity index (χ4v) is 11.9. The molecule has 0 spiro atoms. The monoisotopic (exact) mass is 869 g/mol. The van der Waals surface area contributed by atoms with E-state index in [1.54, 1.807) is 22.5 Å². The number of hydrogen-bond acceptors (Lipinski definition) is 7. The van der Waals surface area contributed by atoms with Crippen molar-refractivity contribution in [3.8, 4) is 0 Å². The number of aromatic amines is 1. The summed E-state index contributed by atoms with van der Waals surface area (Å²) in [6.45, 7) is 3.88. The van der Waals surface area contributed by atoms with E-state index in [4.69, 9.17) is 39.5 Å². The first-order valence-electron chi connectivity index (χ1n) is 19.8. The van der Waals surface area contributed by atoms with Crippen LogP contribution in [0.15, 0.2) is 91.1 Å². The van der Waals surface area contributed by atoms with Crippen LogP contribution < -0.4 is 10.2 Å². The molecule has 0 saturated carbocycles. The number of carbonyl (C=O) groups is 2. The van der Waals surface area contributed by atoms with Crippen LogP contribution in [0, 0.1) is 5.92 Å². The summed E-state index contributed by atoms with van der Waals surface area (Å²) in [5, 5.41) is 5.56. The minimum Gasteiger partial charge on any atom is -0.465 e. The number of allylic oxidation sites excluding steroid dienone is 2. The van der Waals surface area contributed by atoms with Crippen LogP contribution in [0.4, 0.5) is 11.4 Å². The van der Waals surface area contributed by atoms with Gasteiger partial charge in [0.2, 0.25) is 10.0 Å². The summed E-state index contributed by atoms with van der Waals surface area (Å²) in [5.41, 5.74) is 7.82. The molecule has 304 valence electrons. The van der Waals surface area contributed by atoms with Gasteiger partial charge in [-0.15, -0.1) is 0 Å². The van der Waals surface area contributed by atoms with Crippen LogP contribution in [-0.4, -0.2) is 73.0 Å². The maximum absolute atomic E-state index is 15.1. The predicted molar refractivity (Wildman–Crippen MR) is 236 cm³/mol. The van der Waals surface area contributed by atoms with Crippen LogP contribution in [-0.2, 0) is 14.8 Å². The number of hydrogen-bond donors (Lipinski definition) is 2. The molecular formula is C45H42Cl3N5O5S. The Bertz CT molecular complexity index is 2690. The van der Waals surface area contributed by atoms with E-state index in [1.807, 2.05) is 48.5 Å². The van der Waals surface area contributed by atoms with Gasteiger partial charge in [0.25, 0.3) is 5.91 Å². The summed E-state index contributed by atoms with van der Waals surface area (Å²) in [6.07, 6.45) is 6.90. The van der Waals surface area contributed by atoms with Gasteiger partial charge in [-0.05, 0) is 96.3 Å². The molecule has 14 heteroatoms. The number of anilines is 2. The second-order valence-corrected chi connectivity index (χ2v) is 18.9. The highest BCUT2D eigenvalue weighted by molar-refractivity contribution is 7.89. The van der Waals surface area contributed by atoms with Gasteiger partial charge in [-0.3, -0.25) is 4.79 Å². The molecule has 4 aliphatic rings. The molecule has 2 N–H and O–H groups in total. The van der Waals surface area contributed by atoms with Crippen molar-refractivity contribution in [2.45, 2.75) is 44.7 Å². The number of methoxy groups -OCH3 is 1. The molecule has 4 aliphatic heterocycles. The first-order valence-corrected chi connectivity index (χ1v) is 22.5. The molecular weight excluding hydrogens is 829 g/mol. The minimum atomic E-state index is -3.25. The van der Waals surface area contributed by atoms with Gasteiger partial charge >= 0.3 is 5.97 Å². The summed E-state index contributed by atoms with van der Waals surface area (Å²) in [7, 11) is -1.93. The quantitative estimate of drug-likeness (QED) is 0.157. The van der Waals surface area contributed by atoms with E-state index in [1.165, 1.54) is 7.11 Å². The molecule has 1 aromatic heterocycles. The molecule has 2 atom stereocenters.